The minimum Gasteiger partial charge on any atom is -0.451 e. The number of ether oxygens (including phenoxy) is 1. The van der Waals surface area contributed by atoms with Crippen LogP contribution in [0, 0.1) is 28.6 Å². The Morgan fingerprint density at radius 1 is 1.11 bits per heavy atom. The molecule has 154 valence electrons. The second-order valence-corrected chi connectivity index (χ2v) is 10.1. The molecule has 0 aromatic rings. The Bertz CT molecular complexity index is 769. The van der Waals surface area contributed by atoms with Crippen LogP contribution in [0.2, 0.25) is 0 Å². The monoisotopic (exact) mass is 388 g/mol. The second kappa shape index (κ2) is 6.25. The van der Waals surface area contributed by atoms with E-state index >= 15 is 0 Å². The first-order chi connectivity index (χ1) is 13.0. The van der Waals surface area contributed by atoms with Crippen LogP contribution in [-0.2, 0) is 19.1 Å². The fraction of sp³-hybridized carbons (Fsp3) is 0.783. The molecule has 4 aliphatic rings. The van der Waals surface area contributed by atoms with Crippen LogP contribution in [-0.4, -0.2) is 34.3 Å². The summed E-state index contributed by atoms with van der Waals surface area (Å²) in [6.07, 6.45) is 6.25. The van der Waals surface area contributed by atoms with Crippen LogP contribution in [0.15, 0.2) is 11.6 Å². The number of hydrogen-bond donors (Lipinski definition) is 1. The van der Waals surface area contributed by atoms with E-state index in [9.17, 15) is 19.5 Å². The first-order valence-electron chi connectivity index (χ1n) is 10.7. The molecule has 0 aromatic heterocycles. The summed E-state index contributed by atoms with van der Waals surface area (Å²) in [6, 6.07) is 0. The van der Waals surface area contributed by atoms with Crippen molar-refractivity contribution in [2.24, 2.45) is 28.6 Å². The number of esters is 1. The maximum Gasteiger partial charge on any atom is 0.303 e. The Kier molecular flexibility index (Phi) is 4.42. The average Bonchev–Trinajstić information content (AvgIpc) is 2.90. The van der Waals surface area contributed by atoms with Gasteiger partial charge in [0.1, 0.15) is 0 Å². The third-order valence-electron chi connectivity index (χ3n) is 8.98. The predicted octanol–water partition coefficient (Wildman–Crippen LogP) is 3.38. The summed E-state index contributed by atoms with van der Waals surface area (Å²) in [5.74, 6) is 0.579. The molecule has 4 aliphatic carbocycles. The molecule has 0 aromatic carbocycles. The molecule has 0 heterocycles. The number of hydrogen-bond acceptors (Lipinski definition) is 5. The number of aliphatic hydroxyl groups is 1. The van der Waals surface area contributed by atoms with Gasteiger partial charge in [-0.05, 0) is 80.3 Å². The first-order valence-corrected chi connectivity index (χ1v) is 10.7. The Balaban J connectivity index is 1.73. The average molecular weight is 389 g/mol. The Hall–Kier alpha value is -1.49. The lowest BCUT2D eigenvalue weighted by molar-refractivity contribution is -0.188. The van der Waals surface area contributed by atoms with E-state index in [1.54, 1.807) is 13.0 Å². The number of rotatable bonds is 2. The summed E-state index contributed by atoms with van der Waals surface area (Å²) in [4.78, 5) is 36.6. The Morgan fingerprint density at radius 3 is 2.43 bits per heavy atom. The van der Waals surface area contributed by atoms with E-state index in [1.165, 1.54) is 6.92 Å². The lowest BCUT2D eigenvalue weighted by Crippen LogP contribution is -2.59. The molecule has 0 radical (unpaired) electrons. The molecule has 1 N–H and O–H groups in total. The molecule has 28 heavy (non-hydrogen) atoms. The maximum atomic E-state index is 12.7. The minimum absolute atomic E-state index is 0.0578. The van der Waals surface area contributed by atoms with Crippen molar-refractivity contribution in [3.8, 4) is 0 Å². The Morgan fingerprint density at radius 2 is 1.79 bits per heavy atom. The molecule has 0 unspecified atom stereocenters. The van der Waals surface area contributed by atoms with Gasteiger partial charge in [0.25, 0.3) is 0 Å². The summed E-state index contributed by atoms with van der Waals surface area (Å²) in [6.45, 7) is 7.27. The topological polar surface area (TPSA) is 80.7 Å². The molecule has 0 saturated heterocycles. The largest absolute Gasteiger partial charge is 0.451 e. The fourth-order valence-corrected chi connectivity index (χ4v) is 7.67. The smallest absolute Gasteiger partial charge is 0.303 e. The maximum absolute atomic E-state index is 12.7. The lowest BCUT2D eigenvalue weighted by Gasteiger charge is -2.60. The van der Waals surface area contributed by atoms with E-state index in [0.717, 1.165) is 31.3 Å². The van der Waals surface area contributed by atoms with Crippen molar-refractivity contribution in [3.05, 3.63) is 11.6 Å². The third-order valence-corrected chi connectivity index (χ3v) is 8.98. The highest BCUT2D eigenvalue weighted by atomic mass is 16.6. The van der Waals surface area contributed by atoms with E-state index in [0.29, 0.717) is 25.2 Å². The normalized spacial score (nSPS) is 47.5. The molecule has 4 rings (SSSR count). The van der Waals surface area contributed by atoms with Crippen LogP contribution in [0.1, 0.15) is 72.6 Å². The summed E-state index contributed by atoms with van der Waals surface area (Å²) in [7, 11) is 0. The molecule has 5 heteroatoms. The van der Waals surface area contributed by atoms with E-state index in [1.807, 2.05) is 0 Å². The molecule has 3 saturated carbocycles. The van der Waals surface area contributed by atoms with Crippen LogP contribution in [0.5, 0.6) is 0 Å². The van der Waals surface area contributed by atoms with E-state index in [4.69, 9.17) is 4.74 Å². The molecule has 5 nitrogen and oxygen atoms in total. The van der Waals surface area contributed by atoms with Crippen LogP contribution in [0.3, 0.4) is 0 Å². The standard InChI is InChI=1S/C23H32O5/c1-13(24)23(28-14(2)25)10-7-18-16-12-20(27)19-11-15(26)5-8-21(19,3)17(16)6-9-22(18,23)4/h11,16-18,20,27H,5-10,12H2,1-4H3/t16-,17+,18+,20-,21-,22+,23+/m1/s1. The second-order valence-electron chi connectivity index (χ2n) is 10.1. The summed E-state index contributed by atoms with van der Waals surface area (Å²) < 4.78 is 5.78. The zero-order valence-electron chi connectivity index (χ0n) is 17.4. The quantitative estimate of drug-likeness (QED) is 0.734. The van der Waals surface area contributed by atoms with E-state index < -0.39 is 23.1 Å². The molecule has 0 bridgehead atoms. The van der Waals surface area contributed by atoms with Crippen molar-refractivity contribution in [2.45, 2.75) is 84.3 Å². The van der Waals surface area contributed by atoms with Crippen LogP contribution < -0.4 is 0 Å². The molecular formula is C23H32O5. The highest BCUT2D eigenvalue weighted by molar-refractivity contribution is 5.92. The summed E-state index contributed by atoms with van der Waals surface area (Å²) in [5, 5.41) is 10.9. The molecule has 7 atom stereocenters. The van der Waals surface area contributed by atoms with Gasteiger partial charge in [0, 0.05) is 18.8 Å². The highest BCUT2D eigenvalue weighted by Gasteiger charge is 2.68. The fourth-order valence-electron chi connectivity index (χ4n) is 7.67. The van der Waals surface area contributed by atoms with Gasteiger partial charge in [-0.25, -0.2) is 0 Å². The first kappa shape index (κ1) is 19.8. The third kappa shape index (κ3) is 2.44. The molecule has 0 aliphatic heterocycles. The minimum atomic E-state index is -1.04. The van der Waals surface area contributed by atoms with Gasteiger partial charge in [0.15, 0.2) is 17.2 Å². The predicted molar refractivity (Wildman–Crippen MR) is 103 cm³/mol. The van der Waals surface area contributed by atoms with Crippen LogP contribution >= 0.6 is 0 Å². The Labute approximate surface area is 166 Å². The van der Waals surface area contributed by atoms with Gasteiger partial charge >= 0.3 is 5.97 Å². The number of fused-ring (bicyclic) bond motifs is 5. The van der Waals surface area contributed by atoms with Crippen LogP contribution in [0.4, 0.5) is 0 Å². The van der Waals surface area contributed by atoms with Gasteiger partial charge in [0.05, 0.1) is 6.10 Å². The molecule has 0 amide bonds. The zero-order valence-corrected chi connectivity index (χ0v) is 17.4. The van der Waals surface area contributed by atoms with Crippen molar-refractivity contribution in [3.63, 3.8) is 0 Å². The van der Waals surface area contributed by atoms with Gasteiger partial charge in [-0.15, -0.1) is 0 Å². The molecule has 0 spiro atoms. The number of ketones is 2. The summed E-state index contributed by atoms with van der Waals surface area (Å²) in [5.41, 5.74) is -0.670. The summed E-state index contributed by atoms with van der Waals surface area (Å²) >= 11 is 0. The number of Topliss-reactive ketones (excluding diaryl/α,β-unsaturated/α-hetero) is 1. The van der Waals surface area contributed by atoms with E-state index in [-0.39, 0.29) is 28.8 Å². The highest BCUT2D eigenvalue weighted by Crippen LogP contribution is 2.68. The lowest BCUT2D eigenvalue weighted by atomic mass is 9.45. The van der Waals surface area contributed by atoms with E-state index in [2.05, 4.69) is 13.8 Å². The van der Waals surface area contributed by atoms with Crippen molar-refractivity contribution in [1.29, 1.82) is 0 Å². The number of carbonyl (C=O) groups is 3. The van der Waals surface area contributed by atoms with Crippen molar-refractivity contribution >= 4 is 17.5 Å². The van der Waals surface area contributed by atoms with Crippen LogP contribution in [0.25, 0.3) is 0 Å². The SMILES string of the molecule is CC(=O)O[C@]1(C(C)=O)CC[C@H]2[C@@H]3C[C@@H](O)C4=CC(=O)CC[C@]4(C)[C@H]3CC[C@@]21C. The van der Waals surface area contributed by atoms with Gasteiger partial charge in [-0.3, -0.25) is 14.4 Å². The van der Waals surface area contributed by atoms with Crippen molar-refractivity contribution < 1.29 is 24.2 Å². The molecular weight excluding hydrogens is 356 g/mol. The molecule has 3 fully saturated rings. The number of aliphatic hydroxyl groups excluding tert-OH is 1. The van der Waals surface area contributed by atoms with Gasteiger partial charge in [0.2, 0.25) is 0 Å². The van der Waals surface area contributed by atoms with Crippen molar-refractivity contribution in [1.82, 2.24) is 0 Å². The van der Waals surface area contributed by atoms with Gasteiger partial charge in [-0.1, -0.05) is 13.8 Å². The number of carbonyl (C=O) groups excluding carboxylic acids is 3. The van der Waals surface area contributed by atoms with Gasteiger partial charge < -0.3 is 9.84 Å². The van der Waals surface area contributed by atoms with Crippen molar-refractivity contribution in [2.75, 3.05) is 0 Å². The zero-order chi connectivity index (χ0) is 20.5. The van der Waals surface area contributed by atoms with Gasteiger partial charge in [-0.2, -0.15) is 0 Å².